The Labute approximate surface area is 176 Å². The molecular formula is C22H39N5O2. The van der Waals surface area contributed by atoms with E-state index in [0.29, 0.717) is 18.5 Å². The molecule has 1 aromatic heterocycles. The summed E-state index contributed by atoms with van der Waals surface area (Å²) >= 11 is 0. The Kier molecular flexibility index (Phi) is 8.51. The zero-order valence-corrected chi connectivity index (χ0v) is 18.6. The maximum atomic E-state index is 13.2. The first-order valence-electron chi connectivity index (χ1n) is 11.3. The minimum atomic E-state index is 0.206. The van der Waals surface area contributed by atoms with Gasteiger partial charge in [0.2, 0.25) is 5.91 Å². The van der Waals surface area contributed by atoms with Crippen LogP contribution in [0.1, 0.15) is 38.3 Å². The molecule has 3 rings (SSSR count). The van der Waals surface area contributed by atoms with Crippen LogP contribution in [0.2, 0.25) is 0 Å². The van der Waals surface area contributed by atoms with E-state index in [2.05, 4.69) is 26.7 Å². The molecule has 0 bridgehead atoms. The Bertz CT molecular complexity index is 626. The molecule has 0 aliphatic carbocycles. The maximum absolute atomic E-state index is 13.2. The van der Waals surface area contributed by atoms with Gasteiger partial charge in [0.1, 0.15) is 6.54 Å². The number of methoxy groups -OCH3 is 1. The first kappa shape index (κ1) is 22.2. The second-order valence-electron chi connectivity index (χ2n) is 8.66. The van der Waals surface area contributed by atoms with Crippen molar-refractivity contribution in [3.8, 4) is 0 Å². The Morgan fingerprint density at radius 1 is 1.24 bits per heavy atom. The maximum Gasteiger partial charge on any atom is 0.244 e. The molecule has 3 heterocycles. The highest BCUT2D eigenvalue weighted by atomic mass is 16.5. The number of likely N-dealkylation sites (tertiary alicyclic amines) is 2. The van der Waals surface area contributed by atoms with Crippen molar-refractivity contribution in [3.63, 3.8) is 0 Å². The normalized spacial score (nSPS) is 21.7. The van der Waals surface area contributed by atoms with Crippen molar-refractivity contribution in [2.24, 2.45) is 5.92 Å². The predicted molar refractivity (Wildman–Crippen MR) is 115 cm³/mol. The molecule has 1 atom stereocenters. The van der Waals surface area contributed by atoms with Crippen LogP contribution in [0.25, 0.3) is 0 Å². The third kappa shape index (κ3) is 6.52. The van der Waals surface area contributed by atoms with E-state index in [4.69, 9.17) is 4.74 Å². The zero-order valence-electron chi connectivity index (χ0n) is 18.6. The van der Waals surface area contributed by atoms with Gasteiger partial charge in [0.05, 0.1) is 12.3 Å². The van der Waals surface area contributed by atoms with Gasteiger partial charge in [-0.05, 0) is 70.8 Å². The van der Waals surface area contributed by atoms with Crippen molar-refractivity contribution in [2.75, 3.05) is 59.5 Å². The summed E-state index contributed by atoms with van der Waals surface area (Å²) in [5.74, 6) is 0.798. The molecular weight excluding hydrogens is 366 g/mol. The van der Waals surface area contributed by atoms with Gasteiger partial charge < -0.3 is 14.5 Å². The predicted octanol–water partition coefficient (Wildman–Crippen LogP) is 1.86. The molecule has 1 unspecified atom stereocenters. The number of aryl methyl sites for hydroxylation is 1. The highest BCUT2D eigenvalue weighted by Crippen LogP contribution is 2.22. The van der Waals surface area contributed by atoms with E-state index < -0.39 is 0 Å². The van der Waals surface area contributed by atoms with Crippen LogP contribution < -0.4 is 0 Å². The Hall–Kier alpha value is -1.44. The molecule has 2 aliphatic rings. The lowest BCUT2D eigenvalue weighted by atomic mass is 9.95. The highest BCUT2D eigenvalue weighted by molar-refractivity contribution is 5.76. The molecule has 2 aliphatic heterocycles. The summed E-state index contributed by atoms with van der Waals surface area (Å²) in [6.45, 7) is 12.5. The van der Waals surface area contributed by atoms with E-state index in [-0.39, 0.29) is 5.91 Å². The Balaban J connectivity index is 1.58. The largest absolute Gasteiger partial charge is 0.383 e. The van der Waals surface area contributed by atoms with E-state index in [9.17, 15) is 4.79 Å². The van der Waals surface area contributed by atoms with Crippen molar-refractivity contribution < 1.29 is 9.53 Å². The van der Waals surface area contributed by atoms with Gasteiger partial charge in [-0.2, -0.15) is 5.10 Å². The van der Waals surface area contributed by atoms with E-state index in [1.807, 2.05) is 19.2 Å². The van der Waals surface area contributed by atoms with E-state index in [0.717, 1.165) is 64.4 Å². The summed E-state index contributed by atoms with van der Waals surface area (Å²) < 4.78 is 7.00. The number of piperidine rings is 1. The van der Waals surface area contributed by atoms with Crippen LogP contribution in [0.4, 0.5) is 0 Å². The zero-order chi connectivity index (χ0) is 20.6. The molecule has 0 aromatic carbocycles. The molecule has 0 saturated carbocycles. The van der Waals surface area contributed by atoms with Crippen molar-refractivity contribution in [3.05, 3.63) is 18.0 Å². The number of hydrogen-bond donors (Lipinski definition) is 0. The van der Waals surface area contributed by atoms with Crippen LogP contribution in [0, 0.1) is 12.8 Å². The molecule has 2 fully saturated rings. The first-order valence-corrected chi connectivity index (χ1v) is 11.3. The van der Waals surface area contributed by atoms with Crippen molar-refractivity contribution in [1.29, 1.82) is 0 Å². The molecule has 7 heteroatoms. The topological polar surface area (TPSA) is 53.8 Å². The number of rotatable bonds is 10. The molecule has 29 heavy (non-hydrogen) atoms. The van der Waals surface area contributed by atoms with Crippen LogP contribution in [0.15, 0.2) is 12.3 Å². The molecule has 1 aromatic rings. The van der Waals surface area contributed by atoms with Gasteiger partial charge in [-0.3, -0.25) is 14.4 Å². The van der Waals surface area contributed by atoms with Crippen LogP contribution in [-0.4, -0.2) is 96.0 Å². The van der Waals surface area contributed by atoms with Gasteiger partial charge in [-0.25, -0.2) is 0 Å². The quantitative estimate of drug-likeness (QED) is 0.595. The van der Waals surface area contributed by atoms with Crippen molar-refractivity contribution in [2.45, 2.75) is 52.1 Å². The SMILES string of the molecule is CCN1CCCC1CN(CC1CCN(CCOC)CC1)C(=O)Cn1ccc(C)n1. The fraction of sp³-hybridized carbons (Fsp3) is 0.818. The first-order chi connectivity index (χ1) is 14.1. The average Bonchev–Trinajstić information content (AvgIpc) is 3.35. The number of aromatic nitrogens is 2. The van der Waals surface area contributed by atoms with Gasteiger partial charge in [0.25, 0.3) is 0 Å². The fourth-order valence-electron chi connectivity index (χ4n) is 4.77. The molecule has 0 N–H and O–H groups in total. The van der Waals surface area contributed by atoms with Gasteiger partial charge in [-0.15, -0.1) is 0 Å². The molecule has 1 amide bonds. The second-order valence-corrected chi connectivity index (χ2v) is 8.66. The lowest BCUT2D eigenvalue weighted by Gasteiger charge is -2.36. The van der Waals surface area contributed by atoms with E-state index in [1.165, 1.54) is 19.4 Å². The fourth-order valence-corrected chi connectivity index (χ4v) is 4.77. The molecule has 2 saturated heterocycles. The summed E-state index contributed by atoms with van der Waals surface area (Å²) in [5.41, 5.74) is 0.959. The minimum absolute atomic E-state index is 0.206. The third-order valence-electron chi connectivity index (χ3n) is 6.56. The highest BCUT2D eigenvalue weighted by Gasteiger charge is 2.29. The van der Waals surface area contributed by atoms with Crippen LogP contribution in [0.3, 0.4) is 0 Å². The Morgan fingerprint density at radius 3 is 2.69 bits per heavy atom. The van der Waals surface area contributed by atoms with Crippen molar-refractivity contribution >= 4 is 5.91 Å². The number of hydrogen-bond acceptors (Lipinski definition) is 5. The number of amides is 1. The summed E-state index contributed by atoms with van der Waals surface area (Å²) in [7, 11) is 1.76. The number of likely N-dealkylation sites (N-methyl/N-ethyl adjacent to an activating group) is 1. The Morgan fingerprint density at radius 2 is 2.03 bits per heavy atom. The molecule has 7 nitrogen and oxygen atoms in total. The smallest absolute Gasteiger partial charge is 0.244 e. The van der Waals surface area contributed by atoms with E-state index in [1.54, 1.807) is 11.8 Å². The average molecular weight is 406 g/mol. The second kappa shape index (κ2) is 11.1. The van der Waals surface area contributed by atoms with Gasteiger partial charge in [0, 0.05) is 39.0 Å². The lowest BCUT2D eigenvalue weighted by Crippen LogP contribution is -2.47. The van der Waals surface area contributed by atoms with Gasteiger partial charge in [0.15, 0.2) is 0 Å². The summed E-state index contributed by atoms with van der Waals surface area (Å²) in [5, 5.41) is 4.42. The summed E-state index contributed by atoms with van der Waals surface area (Å²) in [6, 6.07) is 2.47. The number of nitrogens with zero attached hydrogens (tertiary/aromatic N) is 5. The van der Waals surface area contributed by atoms with Gasteiger partial charge >= 0.3 is 0 Å². The summed E-state index contributed by atoms with van der Waals surface area (Å²) in [4.78, 5) is 20.4. The van der Waals surface area contributed by atoms with Crippen LogP contribution in [-0.2, 0) is 16.1 Å². The molecule has 0 spiro atoms. The molecule has 164 valence electrons. The molecule has 0 radical (unpaired) electrons. The number of carbonyl (C=O) groups is 1. The number of carbonyl (C=O) groups excluding carboxylic acids is 1. The monoisotopic (exact) mass is 405 g/mol. The van der Waals surface area contributed by atoms with E-state index >= 15 is 0 Å². The van der Waals surface area contributed by atoms with Gasteiger partial charge in [-0.1, -0.05) is 6.92 Å². The number of ether oxygens (including phenoxy) is 1. The standard InChI is InChI=1S/C22H39N5O2/c1-4-25-10-5-6-21(25)17-26(22(28)18-27-13-7-19(2)23-27)16-20-8-11-24(12-9-20)14-15-29-3/h7,13,20-21H,4-6,8-12,14-18H2,1-3H3. The van der Waals surface area contributed by atoms with Crippen LogP contribution >= 0.6 is 0 Å². The third-order valence-corrected chi connectivity index (χ3v) is 6.56. The lowest BCUT2D eigenvalue weighted by molar-refractivity contribution is -0.133. The summed E-state index contributed by atoms with van der Waals surface area (Å²) in [6.07, 6.45) is 6.69. The minimum Gasteiger partial charge on any atom is -0.383 e. The van der Waals surface area contributed by atoms with Crippen LogP contribution in [0.5, 0.6) is 0 Å². The van der Waals surface area contributed by atoms with Crippen molar-refractivity contribution in [1.82, 2.24) is 24.5 Å².